The number of aromatic nitrogens is 2. The van der Waals surface area contributed by atoms with E-state index in [1.807, 2.05) is 18.2 Å². The van der Waals surface area contributed by atoms with Crippen LogP contribution in [-0.4, -0.2) is 22.4 Å². The second-order valence-electron chi connectivity index (χ2n) is 4.54. The van der Waals surface area contributed by atoms with Crippen molar-refractivity contribution in [3.63, 3.8) is 0 Å². The quantitative estimate of drug-likeness (QED) is 0.665. The fourth-order valence-electron chi connectivity index (χ4n) is 2.22. The average molecular weight is 287 g/mol. The van der Waals surface area contributed by atoms with Crippen LogP contribution in [0, 0.1) is 0 Å². The van der Waals surface area contributed by atoms with Crippen molar-refractivity contribution in [1.82, 2.24) is 9.97 Å². The minimum absolute atomic E-state index is 0.529. The van der Waals surface area contributed by atoms with Crippen molar-refractivity contribution in [2.24, 2.45) is 0 Å². The van der Waals surface area contributed by atoms with Crippen LogP contribution in [0.15, 0.2) is 35.5 Å². The fraction of sp³-hybridized carbons (Fsp3) is 0.286. The first-order valence-electron chi connectivity index (χ1n) is 6.61. The predicted octanol–water partition coefficient (Wildman–Crippen LogP) is 2.56. The van der Waals surface area contributed by atoms with Gasteiger partial charge in [0.2, 0.25) is 0 Å². The van der Waals surface area contributed by atoms with Gasteiger partial charge in [0.25, 0.3) is 0 Å². The normalized spacial score (nSPS) is 13.2. The predicted molar refractivity (Wildman–Crippen MR) is 84.0 cm³/mol. The molecule has 1 aliphatic heterocycles. The summed E-state index contributed by atoms with van der Waals surface area (Å²) in [5.41, 5.74) is 8.11. The Bertz CT molecular complexity index is 602. The summed E-state index contributed by atoms with van der Waals surface area (Å²) in [5, 5.41) is 4.02. The van der Waals surface area contributed by atoms with E-state index in [2.05, 4.69) is 39.2 Å². The highest BCUT2D eigenvalue weighted by molar-refractivity contribution is 7.99. The molecule has 3 N–H and O–H groups in total. The summed E-state index contributed by atoms with van der Waals surface area (Å²) in [4.78, 5) is 11.1. The first-order valence-corrected chi connectivity index (χ1v) is 7.59. The molecule has 0 bridgehead atoms. The van der Waals surface area contributed by atoms with Gasteiger partial charge in [0.05, 0.1) is 6.67 Å². The van der Waals surface area contributed by atoms with Crippen molar-refractivity contribution in [3.05, 3.63) is 35.9 Å². The second-order valence-corrected chi connectivity index (χ2v) is 5.77. The molecule has 0 atom stereocenters. The molecular formula is C14H17N5S. The molecular weight excluding hydrogens is 270 g/mol. The molecule has 0 fully saturated rings. The molecule has 3 rings (SSSR count). The van der Waals surface area contributed by atoms with E-state index in [0.717, 1.165) is 29.0 Å². The smallest absolute Gasteiger partial charge is 0.191 e. The van der Waals surface area contributed by atoms with Crippen molar-refractivity contribution in [2.45, 2.75) is 18.6 Å². The van der Waals surface area contributed by atoms with Gasteiger partial charge in [-0.15, -0.1) is 0 Å². The number of benzene rings is 1. The van der Waals surface area contributed by atoms with Gasteiger partial charge >= 0.3 is 0 Å². The molecule has 6 heteroatoms. The molecule has 20 heavy (non-hydrogen) atoms. The topological polar surface area (TPSA) is 67.1 Å². The molecule has 104 valence electrons. The van der Waals surface area contributed by atoms with Gasteiger partial charge in [0.1, 0.15) is 5.69 Å². The van der Waals surface area contributed by atoms with Gasteiger partial charge in [-0.2, -0.15) is 0 Å². The zero-order valence-electron chi connectivity index (χ0n) is 11.3. The summed E-state index contributed by atoms with van der Waals surface area (Å²) in [6.45, 7) is 3.61. The summed E-state index contributed by atoms with van der Waals surface area (Å²) < 4.78 is 0. The Labute approximate surface area is 122 Å². The van der Waals surface area contributed by atoms with Gasteiger partial charge in [0, 0.05) is 6.54 Å². The third kappa shape index (κ3) is 2.51. The van der Waals surface area contributed by atoms with E-state index < -0.39 is 0 Å². The van der Waals surface area contributed by atoms with E-state index in [1.54, 1.807) is 11.8 Å². The molecule has 2 aromatic rings. The van der Waals surface area contributed by atoms with E-state index in [-0.39, 0.29) is 0 Å². The summed E-state index contributed by atoms with van der Waals surface area (Å²) in [7, 11) is 0. The number of nitrogens with zero attached hydrogens (tertiary/aromatic N) is 3. The molecule has 0 amide bonds. The van der Waals surface area contributed by atoms with Crippen molar-refractivity contribution in [2.75, 3.05) is 28.4 Å². The summed E-state index contributed by atoms with van der Waals surface area (Å²) >= 11 is 1.61. The zero-order valence-corrected chi connectivity index (χ0v) is 12.2. The lowest BCUT2D eigenvalue weighted by Crippen LogP contribution is -2.22. The van der Waals surface area contributed by atoms with Crippen LogP contribution in [0.3, 0.4) is 0 Å². The Morgan fingerprint density at radius 3 is 2.85 bits per heavy atom. The maximum absolute atomic E-state index is 6.00. The van der Waals surface area contributed by atoms with Gasteiger partial charge in [-0.1, -0.05) is 49.0 Å². The fourth-order valence-corrected chi connectivity index (χ4v) is 2.79. The van der Waals surface area contributed by atoms with Crippen LogP contribution in [0.2, 0.25) is 0 Å². The third-order valence-corrected chi connectivity index (χ3v) is 3.86. The van der Waals surface area contributed by atoms with Crippen molar-refractivity contribution in [3.8, 4) is 0 Å². The van der Waals surface area contributed by atoms with Gasteiger partial charge in [-0.3, -0.25) is 0 Å². The second kappa shape index (κ2) is 5.58. The summed E-state index contributed by atoms with van der Waals surface area (Å²) in [6.07, 6.45) is 0. The first kappa shape index (κ1) is 13.1. The largest absolute Gasteiger partial charge is 0.382 e. The number of nitrogens with one attached hydrogen (secondary N) is 1. The van der Waals surface area contributed by atoms with Crippen LogP contribution in [0.25, 0.3) is 0 Å². The maximum atomic E-state index is 6.00. The molecule has 1 aromatic heterocycles. The van der Waals surface area contributed by atoms with Crippen LogP contribution in [0.5, 0.6) is 0 Å². The van der Waals surface area contributed by atoms with Crippen molar-refractivity contribution in [1.29, 1.82) is 0 Å². The lowest BCUT2D eigenvalue weighted by atomic mass is 10.2. The van der Waals surface area contributed by atoms with Crippen LogP contribution in [-0.2, 0) is 6.54 Å². The van der Waals surface area contributed by atoms with Crippen LogP contribution >= 0.6 is 11.8 Å². The highest BCUT2D eigenvalue weighted by Gasteiger charge is 2.24. The SMILES string of the molecule is CCSc1nc(N)c2c(n1)N(Cc1ccccc1)CN2. The van der Waals surface area contributed by atoms with Gasteiger partial charge in [-0.05, 0) is 11.3 Å². The zero-order chi connectivity index (χ0) is 13.9. The summed E-state index contributed by atoms with van der Waals surface area (Å²) in [6, 6.07) is 10.4. The molecule has 0 radical (unpaired) electrons. The number of fused-ring (bicyclic) bond motifs is 1. The van der Waals surface area contributed by atoms with Gasteiger partial charge < -0.3 is 16.0 Å². The van der Waals surface area contributed by atoms with Gasteiger partial charge in [0.15, 0.2) is 16.8 Å². The highest BCUT2D eigenvalue weighted by Crippen LogP contribution is 2.35. The van der Waals surface area contributed by atoms with Crippen LogP contribution < -0.4 is 16.0 Å². The van der Waals surface area contributed by atoms with E-state index >= 15 is 0 Å². The number of thioether (sulfide) groups is 1. The molecule has 1 aromatic carbocycles. The Morgan fingerprint density at radius 2 is 2.10 bits per heavy atom. The molecule has 1 aliphatic rings. The van der Waals surface area contributed by atoms with E-state index in [1.165, 1.54) is 5.56 Å². The number of hydrogen-bond donors (Lipinski definition) is 2. The lowest BCUT2D eigenvalue weighted by Gasteiger charge is -2.17. The Kier molecular flexibility index (Phi) is 3.64. The number of rotatable bonds is 4. The molecule has 0 saturated heterocycles. The molecule has 2 heterocycles. The molecule has 5 nitrogen and oxygen atoms in total. The minimum atomic E-state index is 0.529. The van der Waals surface area contributed by atoms with Crippen molar-refractivity contribution >= 4 is 29.1 Å². The van der Waals surface area contributed by atoms with Gasteiger partial charge in [-0.25, -0.2) is 9.97 Å². The average Bonchev–Trinajstić information content (AvgIpc) is 2.84. The Hall–Kier alpha value is -1.95. The standard InChI is InChI=1S/C14H17N5S/c1-2-20-14-17-12(15)11-13(18-14)19(9-16-11)8-10-6-4-3-5-7-10/h3-7,16H,2,8-9H2,1H3,(H2,15,17,18). The van der Waals surface area contributed by atoms with E-state index in [9.17, 15) is 0 Å². The monoisotopic (exact) mass is 287 g/mol. The van der Waals surface area contributed by atoms with E-state index in [4.69, 9.17) is 5.73 Å². The van der Waals surface area contributed by atoms with Crippen molar-refractivity contribution < 1.29 is 0 Å². The molecule has 0 spiro atoms. The Morgan fingerprint density at radius 1 is 1.30 bits per heavy atom. The number of nitrogens with two attached hydrogens (primary N) is 1. The number of anilines is 3. The maximum Gasteiger partial charge on any atom is 0.191 e. The van der Waals surface area contributed by atoms with Crippen LogP contribution in [0.1, 0.15) is 12.5 Å². The number of nitrogen functional groups attached to an aromatic ring is 1. The number of hydrogen-bond acceptors (Lipinski definition) is 6. The minimum Gasteiger partial charge on any atom is -0.382 e. The summed E-state index contributed by atoms with van der Waals surface area (Å²) in [5.74, 6) is 2.36. The van der Waals surface area contributed by atoms with Crippen LogP contribution in [0.4, 0.5) is 17.3 Å². The molecule has 0 saturated carbocycles. The van der Waals surface area contributed by atoms with E-state index in [0.29, 0.717) is 12.5 Å². The highest BCUT2D eigenvalue weighted by atomic mass is 32.2. The third-order valence-electron chi connectivity index (χ3n) is 3.13. The lowest BCUT2D eigenvalue weighted by molar-refractivity contribution is 0.839. The Balaban J connectivity index is 1.88. The first-order chi connectivity index (χ1) is 9.78. The molecule has 0 unspecified atom stereocenters. The molecule has 0 aliphatic carbocycles.